The molecule has 0 spiro atoms. The first kappa shape index (κ1) is 26.0. The van der Waals surface area contributed by atoms with Gasteiger partial charge in [0.25, 0.3) is 0 Å². The van der Waals surface area contributed by atoms with Gasteiger partial charge in [0.05, 0.1) is 28.1 Å². The highest BCUT2D eigenvalue weighted by Crippen LogP contribution is 2.48. The summed E-state index contributed by atoms with van der Waals surface area (Å²) in [5.74, 6) is 2.81. The highest BCUT2D eigenvalue weighted by Gasteiger charge is 2.28. The molecule has 46 heavy (non-hydrogen) atoms. The van der Waals surface area contributed by atoms with Gasteiger partial charge in [-0.05, 0) is 48.5 Å². The van der Waals surface area contributed by atoms with E-state index in [4.69, 9.17) is 19.9 Å². The minimum Gasteiger partial charge on any atom is -0.308 e. The minimum atomic E-state index is 0.616. The number of rotatable bonds is 4. The number of aromatic nitrogens is 5. The summed E-state index contributed by atoms with van der Waals surface area (Å²) in [6.07, 6.45) is 0. The summed E-state index contributed by atoms with van der Waals surface area (Å²) in [5, 5.41) is 0. The highest BCUT2D eigenvalue weighted by molar-refractivity contribution is 5.96. The molecule has 0 saturated carbocycles. The van der Waals surface area contributed by atoms with E-state index in [1.807, 2.05) is 66.7 Å². The number of nitrogens with zero attached hydrogens (tertiary/aromatic N) is 6. The van der Waals surface area contributed by atoms with Crippen molar-refractivity contribution in [3.05, 3.63) is 158 Å². The molecule has 1 aliphatic heterocycles. The third kappa shape index (κ3) is 4.27. The molecular weight excluding hydrogens is 564 g/mol. The number of benzene rings is 6. The van der Waals surface area contributed by atoms with Gasteiger partial charge in [-0.3, -0.25) is 4.57 Å². The molecule has 0 radical (unpaired) electrons. The topological polar surface area (TPSA) is 59.7 Å². The fourth-order valence-corrected chi connectivity index (χ4v) is 6.28. The lowest BCUT2D eigenvalue weighted by Gasteiger charge is -2.27. The van der Waals surface area contributed by atoms with Crippen molar-refractivity contribution in [1.29, 1.82) is 0 Å². The molecule has 1 aliphatic rings. The van der Waals surface area contributed by atoms with Crippen molar-refractivity contribution in [2.75, 3.05) is 4.90 Å². The third-order valence-corrected chi connectivity index (χ3v) is 8.37. The zero-order chi connectivity index (χ0) is 30.5. The summed E-state index contributed by atoms with van der Waals surface area (Å²) in [5.41, 5.74) is 10.0. The lowest BCUT2D eigenvalue weighted by Crippen LogP contribution is -2.11. The predicted molar refractivity (Wildman–Crippen MR) is 184 cm³/mol. The molecule has 6 aromatic carbocycles. The van der Waals surface area contributed by atoms with Crippen molar-refractivity contribution in [2.24, 2.45) is 0 Å². The molecule has 9 rings (SSSR count). The first-order valence-corrected chi connectivity index (χ1v) is 15.3. The van der Waals surface area contributed by atoms with Gasteiger partial charge in [-0.25, -0.2) is 19.9 Å². The summed E-state index contributed by atoms with van der Waals surface area (Å²) < 4.78 is 2.28. The summed E-state index contributed by atoms with van der Waals surface area (Å²) in [6.45, 7) is 0. The molecule has 0 atom stereocenters. The van der Waals surface area contributed by atoms with Gasteiger partial charge in [-0.15, -0.1) is 0 Å². The molecular formula is C40H26N6. The van der Waals surface area contributed by atoms with Crippen molar-refractivity contribution in [3.8, 4) is 51.2 Å². The van der Waals surface area contributed by atoms with Crippen LogP contribution in [0.1, 0.15) is 0 Å². The van der Waals surface area contributed by atoms with Crippen LogP contribution < -0.4 is 4.90 Å². The van der Waals surface area contributed by atoms with Crippen LogP contribution in [-0.4, -0.2) is 24.5 Å². The molecule has 0 bridgehead atoms. The third-order valence-electron chi connectivity index (χ3n) is 8.37. The van der Waals surface area contributed by atoms with Crippen molar-refractivity contribution >= 4 is 28.1 Å². The van der Waals surface area contributed by atoms with Gasteiger partial charge in [-0.2, -0.15) is 0 Å². The lowest BCUT2D eigenvalue weighted by molar-refractivity contribution is 1.07. The smallest absolute Gasteiger partial charge is 0.164 e. The van der Waals surface area contributed by atoms with Gasteiger partial charge in [-0.1, -0.05) is 109 Å². The summed E-state index contributed by atoms with van der Waals surface area (Å²) in [4.78, 5) is 22.3. The van der Waals surface area contributed by atoms with Crippen LogP contribution in [-0.2, 0) is 0 Å². The van der Waals surface area contributed by atoms with Gasteiger partial charge < -0.3 is 4.90 Å². The second-order valence-corrected chi connectivity index (χ2v) is 11.2. The zero-order valence-corrected chi connectivity index (χ0v) is 24.7. The van der Waals surface area contributed by atoms with Crippen LogP contribution in [0.25, 0.3) is 62.3 Å². The molecule has 0 fully saturated rings. The molecule has 2 aromatic heterocycles. The highest BCUT2D eigenvalue weighted by atomic mass is 15.2. The van der Waals surface area contributed by atoms with Crippen molar-refractivity contribution in [3.63, 3.8) is 0 Å². The molecule has 3 heterocycles. The van der Waals surface area contributed by atoms with Crippen LogP contribution in [0.5, 0.6) is 0 Å². The average Bonchev–Trinajstić information content (AvgIpc) is 3.47. The van der Waals surface area contributed by atoms with E-state index in [2.05, 4.69) is 100 Å². The van der Waals surface area contributed by atoms with Gasteiger partial charge in [0.15, 0.2) is 17.5 Å². The monoisotopic (exact) mass is 590 g/mol. The Kier molecular flexibility index (Phi) is 6.03. The van der Waals surface area contributed by atoms with Gasteiger partial charge in [0.2, 0.25) is 0 Å². The van der Waals surface area contributed by atoms with Crippen molar-refractivity contribution in [2.45, 2.75) is 0 Å². The van der Waals surface area contributed by atoms with Crippen LogP contribution >= 0.6 is 0 Å². The maximum Gasteiger partial charge on any atom is 0.164 e. The van der Waals surface area contributed by atoms with Gasteiger partial charge in [0.1, 0.15) is 5.82 Å². The molecule has 0 unspecified atom stereocenters. The number of para-hydroxylation sites is 5. The molecule has 8 aromatic rings. The SMILES string of the molecule is c1ccc(-c2nc(-c3ccccc3)nc(-c3cccc(N4c5ccccc5-c5nc6ccccc6n5-c5ccccc54)c3)n2)cc1. The summed E-state index contributed by atoms with van der Waals surface area (Å²) in [7, 11) is 0. The summed E-state index contributed by atoms with van der Waals surface area (Å²) in [6, 6.07) is 53.9. The summed E-state index contributed by atoms with van der Waals surface area (Å²) >= 11 is 0. The Labute approximate surface area is 266 Å². The second kappa shape index (κ2) is 10.6. The fraction of sp³-hybridized carbons (Fsp3) is 0. The number of imidazole rings is 1. The number of anilines is 3. The Hall–Kier alpha value is -6.40. The molecule has 6 heteroatoms. The number of hydrogen-bond acceptors (Lipinski definition) is 5. The van der Waals surface area contributed by atoms with E-state index in [9.17, 15) is 0 Å². The van der Waals surface area contributed by atoms with E-state index < -0.39 is 0 Å². The van der Waals surface area contributed by atoms with Crippen LogP contribution in [0, 0.1) is 0 Å². The molecule has 216 valence electrons. The first-order chi connectivity index (χ1) is 22.8. The fourth-order valence-electron chi connectivity index (χ4n) is 6.28. The van der Waals surface area contributed by atoms with Crippen LogP contribution in [0.4, 0.5) is 17.1 Å². The zero-order valence-electron chi connectivity index (χ0n) is 24.7. The van der Waals surface area contributed by atoms with Crippen molar-refractivity contribution in [1.82, 2.24) is 24.5 Å². The Bertz CT molecular complexity index is 2320. The van der Waals surface area contributed by atoms with E-state index in [0.29, 0.717) is 17.5 Å². The molecule has 0 N–H and O–H groups in total. The maximum absolute atomic E-state index is 5.13. The first-order valence-electron chi connectivity index (χ1n) is 15.3. The maximum atomic E-state index is 5.13. The van der Waals surface area contributed by atoms with Crippen LogP contribution in [0.3, 0.4) is 0 Å². The van der Waals surface area contributed by atoms with E-state index in [-0.39, 0.29) is 0 Å². The Morgan fingerprint density at radius 1 is 0.391 bits per heavy atom. The largest absolute Gasteiger partial charge is 0.308 e. The molecule has 0 amide bonds. The van der Waals surface area contributed by atoms with Crippen LogP contribution in [0.2, 0.25) is 0 Å². The van der Waals surface area contributed by atoms with Crippen molar-refractivity contribution < 1.29 is 0 Å². The van der Waals surface area contributed by atoms with E-state index in [1.54, 1.807) is 0 Å². The number of fused-ring (bicyclic) bond motifs is 7. The number of hydrogen-bond donors (Lipinski definition) is 0. The quantitative estimate of drug-likeness (QED) is 0.204. The van der Waals surface area contributed by atoms with Gasteiger partial charge >= 0.3 is 0 Å². The molecule has 0 saturated heterocycles. The second-order valence-electron chi connectivity index (χ2n) is 11.2. The minimum absolute atomic E-state index is 0.616. The van der Waals surface area contributed by atoms with Gasteiger partial charge in [0, 0.05) is 27.9 Å². The van der Waals surface area contributed by atoms with E-state index in [0.717, 1.165) is 61.9 Å². The van der Waals surface area contributed by atoms with E-state index >= 15 is 0 Å². The average molecular weight is 591 g/mol. The van der Waals surface area contributed by atoms with Crippen LogP contribution in [0.15, 0.2) is 158 Å². The molecule has 0 aliphatic carbocycles. The Morgan fingerprint density at radius 2 is 0.935 bits per heavy atom. The normalized spacial score (nSPS) is 11.9. The Morgan fingerprint density at radius 3 is 1.65 bits per heavy atom. The lowest BCUT2D eigenvalue weighted by atomic mass is 10.1. The molecule has 6 nitrogen and oxygen atoms in total. The predicted octanol–water partition coefficient (Wildman–Crippen LogP) is 9.66. The van der Waals surface area contributed by atoms with E-state index in [1.165, 1.54) is 0 Å². The standard InChI is InChI=1S/C40H26N6/c1-3-14-27(15-4-1)37-42-38(28-16-5-2-6-17-28)44-39(43-37)29-18-13-19-30(26-29)45-33-22-9-7-20-31(33)40-41-32-21-8-10-23-34(32)46(40)36-25-12-11-24-35(36)45/h1-26H. The Balaban J connectivity index is 1.25.